The Bertz CT molecular complexity index is 1510. The van der Waals surface area contributed by atoms with E-state index >= 15 is 4.39 Å². The van der Waals surface area contributed by atoms with Gasteiger partial charge in [-0.05, 0) is 55.5 Å². The molecule has 2 heterocycles. The van der Waals surface area contributed by atoms with Crippen LogP contribution in [0.1, 0.15) is 24.1 Å². The SMILES string of the molecule is CCOc1ccc2nc(N3C(=O)C(=O)/C(=C(/O)c4ccc(OC)cc4)C3c3ccccc3F)sc2c1. The molecule has 0 saturated carbocycles. The minimum atomic E-state index is -1.21. The summed E-state index contributed by atoms with van der Waals surface area (Å²) in [5.41, 5.74) is 0.745. The van der Waals surface area contributed by atoms with Crippen molar-refractivity contribution in [1.82, 2.24) is 4.98 Å². The second-order valence-corrected chi connectivity index (χ2v) is 8.99. The molecule has 1 fully saturated rings. The van der Waals surface area contributed by atoms with E-state index in [1.807, 2.05) is 6.92 Å². The van der Waals surface area contributed by atoms with Crippen LogP contribution in [0.3, 0.4) is 0 Å². The molecule has 0 spiro atoms. The normalized spacial score (nSPS) is 17.1. The second kappa shape index (κ2) is 9.43. The minimum Gasteiger partial charge on any atom is -0.507 e. The summed E-state index contributed by atoms with van der Waals surface area (Å²) in [7, 11) is 1.51. The number of carbonyl (C=O) groups is 2. The van der Waals surface area contributed by atoms with Crippen molar-refractivity contribution in [3.63, 3.8) is 0 Å². The van der Waals surface area contributed by atoms with E-state index in [2.05, 4.69) is 4.98 Å². The van der Waals surface area contributed by atoms with Crippen molar-refractivity contribution in [3.8, 4) is 11.5 Å². The standard InChI is InChI=1S/C27H21FN2O5S/c1-3-35-17-12-13-20-21(14-17)36-27(29-20)30-23(18-6-4-5-7-19(18)28)22(25(32)26(30)33)24(31)15-8-10-16(34-2)11-9-15/h4-14,23,31H,3H2,1-2H3/b24-22+. The zero-order chi connectivity index (χ0) is 25.4. The molecule has 182 valence electrons. The first-order valence-electron chi connectivity index (χ1n) is 11.2. The van der Waals surface area contributed by atoms with Gasteiger partial charge < -0.3 is 14.6 Å². The molecule has 7 nitrogen and oxygen atoms in total. The molecular weight excluding hydrogens is 483 g/mol. The molecule has 1 aliphatic rings. The Kier molecular flexibility index (Phi) is 6.15. The lowest BCUT2D eigenvalue weighted by Gasteiger charge is -2.23. The van der Waals surface area contributed by atoms with Gasteiger partial charge in [0.15, 0.2) is 5.13 Å². The molecule has 1 unspecified atom stereocenters. The van der Waals surface area contributed by atoms with Crippen molar-refractivity contribution in [2.45, 2.75) is 13.0 Å². The molecule has 4 aromatic rings. The average molecular weight is 505 g/mol. The van der Waals surface area contributed by atoms with Crippen LogP contribution in [0.2, 0.25) is 0 Å². The van der Waals surface area contributed by atoms with Gasteiger partial charge in [0.05, 0.1) is 29.5 Å². The van der Waals surface area contributed by atoms with E-state index in [0.717, 1.165) is 9.60 Å². The van der Waals surface area contributed by atoms with Crippen LogP contribution in [0.5, 0.6) is 11.5 Å². The highest BCUT2D eigenvalue weighted by Gasteiger charge is 2.49. The summed E-state index contributed by atoms with van der Waals surface area (Å²) in [6, 6.07) is 16.3. The largest absolute Gasteiger partial charge is 0.507 e. The highest BCUT2D eigenvalue weighted by atomic mass is 32.1. The maximum atomic E-state index is 15.1. The van der Waals surface area contributed by atoms with E-state index in [4.69, 9.17) is 9.47 Å². The van der Waals surface area contributed by atoms with Crippen molar-refractivity contribution in [2.75, 3.05) is 18.6 Å². The van der Waals surface area contributed by atoms with E-state index in [0.29, 0.717) is 29.2 Å². The number of rotatable bonds is 6. The number of amides is 1. The summed E-state index contributed by atoms with van der Waals surface area (Å²) >= 11 is 1.18. The number of fused-ring (bicyclic) bond motifs is 1. The fourth-order valence-corrected chi connectivity index (χ4v) is 5.20. The highest BCUT2D eigenvalue weighted by Crippen LogP contribution is 2.45. The van der Waals surface area contributed by atoms with Gasteiger partial charge >= 0.3 is 5.91 Å². The Morgan fingerprint density at radius 3 is 2.50 bits per heavy atom. The van der Waals surface area contributed by atoms with Crippen molar-refractivity contribution >= 4 is 44.1 Å². The molecule has 0 radical (unpaired) electrons. The van der Waals surface area contributed by atoms with Crippen molar-refractivity contribution < 1.29 is 28.6 Å². The summed E-state index contributed by atoms with van der Waals surface area (Å²) < 4.78 is 26.5. The topological polar surface area (TPSA) is 89.0 Å². The third kappa shape index (κ3) is 3.97. The monoisotopic (exact) mass is 504 g/mol. The number of ether oxygens (including phenoxy) is 2. The van der Waals surface area contributed by atoms with Gasteiger partial charge in [-0.15, -0.1) is 0 Å². The van der Waals surface area contributed by atoms with E-state index < -0.39 is 29.3 Å². The number of halogens is 1. The molecule has 9 heteroatoms. The molecule has 1 saturated heterocycles. The van der Waals surface area contributed by atoms with Gasteiger partial charge in [-0.25, -0.2) is 9.37 Å². The number of hydrogen-bond donors (Lipinski definition) is 1. The van der Waals surface area contributed by atoms with Gasteiger partial charge in [0.1, 0.15) is 29.1 Å². The molecule has 0 aliphatic carbocycles. The average Bonchev–Trinajstić information content (AvgIpc) is 3.42. The van der Waals surface area contributed by atoms with Crippen LogP contribution in [0.25, 0.3) is 16.0 Å². The number of ketones is 1. The lowest BCUT2D eigenvalue weighted by Crippen LogP contribution is -2.29. The second-order valence-electron chi connectivity index (χ2n) is 7.98. The zero-order valence-corrected chi connectivity index (χ0v) is 20.2. The molecule has 1 aromatic heterocycles. The first-order valence-corrected chi connectivity index (χ1v) is 12.0. The summed E-state index contributed by atoms with van der Waals surface area (Å²) in [4.78, 5) is 32.3. The van der Waals surface area contributed by atoms with Crippen LogP contribution in [-0.4, -0.2) is 35.5 Å². The molecule has 1 amide bonds. The van der Waals surface area contributed by atoms with E-state index in [9.17, 15) is 14.7 Å². The van der Waals surface area contributed by atoms with E-state index in [1.165, 1.54) is 36.6 Å². The predicted octanol–water partition coefficient (Wildman–Crippen LogP) is 5.47. The van der Waals surface area contributed by atoms with Crippen LogP contribution in [0.4, 0.5) is 9.52 Å². The van der Waals surface area contributed by atoms with Crippen molar-refractivity contribution in [1.29, 1.82) is 0 Å². The summed E-state index contributed by atoms with van der Waals surface area (Å²) in [5, 5.41) is 11.4. The molecule has 3 aromatic carbocycles. The number of Topliss-reactive ketones (excluding diaryl/α,β-unsaturated/α-hetero) is 1. The Morgan fingerprint density at radius 2 is 1.81 bits per heavy atom. The number of carbonyl (C=O) groups excluding carboxylic acids is 2. The van der Waals surface area contributed by atoms with E-state index in [1.54, 1.807) is 48.5 Å². The van der Waals surface area contributed by atoms with Gasteiger partial charge in [0, 0.05) is 11.1 Å². The quantitative estimate of drug-likeness (QED) is 0.213. The smallest absolute Gasteiger partial charge is 0.301 e. The highest BCUT2D eigenvalue weighted by molar-refractivity contribution is 7.22. The number of benzene rings is 3. The van der Waals surface area contributed by atoms with Crippen LogP contribution >= 0.6 is 11.3 Å². The molecule has 0 bridgehead atoms. The first kappa shape index (κ1) is 23.5. The Labute approximate surface area is 210 Å². The fraction of sp³-hybridized carbons (Fsp3) is 0.148. The summed E-state index contributed by atoms with van der Waals surface area (Å²) in [6.45, 7) is 2.36. The van der Waals surface area contributed by atoms with Gasteiger partial charge in [0.2, 0.25) is 0 Å². The number of anilines is 1. The van der Waals surface area contributed by atoms with Crippen LogP contribution in [0, 0.1) is 5.82 Å². The first-order chi connectivity index (χ1) is 17.4. The maximum Gasteiger partial charge on any atom is 0.301 e. The number of aromatic nitrogens is 1. The van der Waals surface area contributed by atoms with Crippen LogP contribution in [0.15, 0.2) is 72.3 Å². The van der Waals surface area contributed by atoms with Gasteiger partial charge in [-0.1, -0.05) is 29.5 Å². The van der Waals surface area contributed by atoms with E-state index in [-0.39, 0.29) is 16.3 Å². The van der Waals surface area contributed by atoms with Gasteiger partial charge in [-0.3, -0.25) is 14.5 Å². The summed E-state index contributed by atoms with van der Waals surface area (Å²) in [5.74, 6) is -1.65. The number of aliphatic hydroxyl groups is 1. The lowest BCUT2D eigenvalue weighted by molar-refractivity contribution is -0.132. The fourth-order valence-electron chi connectivity index (χ4n) is 4.18. The van der Waals surface area contributed by atoms with Crippen LogP contribution < -0.4 is 14.4 Å². The minimum absolute atomic E-state index is 0.0704. The molecule has 1 atom stereocenters. The number of aliphatic hydroxyl groups excluding tert-OH is 1. The molecular formula is C27H21FN2O5S. The third-order valence-corrected chi connectivity index (χ3v) is 6.89. The Hall–Kier alpha value is -4.24. The number of nitrogens with zero attached hydrogens (tertiary/aromatic N) is 2. The molecule has 1 N–H and O–H groups in total. The van der Waals surface area contributed by atoms with Crippen molar-refractivity contribution in [2.24, 2.45) is 0 Å². The number of hydrogen-bond acceptors (Lipinski definition) is 7. The maximum absolute atomic E-state index is 15.1. The predicted molar refractivity (Wildman–Crippen MR) is 135 cm³/mol. The number of methoxy groups -OCH3 is 1. The van der Waals surface area contributed by atoms with Gasteiger partial charge in [-0.2, -0.15) is 0 Å². The van der Waals surface area contributed by atoms with Crippen molar-refractivity contribution in [3.05, 3.63) is 89.2 Å². The molecule has 1 aliphatic heterocycles. The molecule has 5 rings (SSSR count). The van der Waals surface area contributed by atoms with Crippen LogP contribution in [-0.2, 0) is 9.59 Å². The lowest BCUT2D eigenvalue weighted by atomic mass is 9.95. The number of thiazole rings is 1. The van der Waals surface area contributed by atoms with Gasteiger partial charge in [0.25, 0.3) is 5.78 Å². The molecule has 36 heavy (non-hydrogen) atoms. The summed E-state index contributed by atoms with van der Waals surface area (Å²) in [6.07, 6.45) is 0. The third-order valence-electron chi connectivity index (χ3n) is 5.87. The Morgan fingerprint density at radius 1 is 1.08 bits per heavy atom. The zero-order valence-electron chi connectivity index (χ0n) is 19.4. The Balaban J connectivity index is 1.69.